The van der Waals surface area contributed by atoms with E-state index in [1.807, 2.05) is 0 Å². The third-order valence-corrected chi connectivity index (χ3v) is 14.7. The van der Waals surface area contributed by atoms with Gasteiger partial charge in [0, 0.05) is 11.5 Å². The van der Waals surface area contributed by atoms with E-state index in [0.717, 1.165) is 37.7 Å². The molecule has 1 aromatic carbocycles. The summed E-state index contributed by atoms with van der Waals surface area (Å²) in [5.41, 5.74) is 3.13. The average molecular weight is 619 g/mol. The lowest BCUT2D eigenvalue weighted by atomic mass is 9.42. The van der Waals surface area contributed by atoms with E-state index < -0.39 is 0 Å². The fourth-order valence-corrected chi connectivity index (χ4v) is 12.3. The molecule has 5 aliphatic carbocycles. The lowest BCUT2D eigenvalue weighted by molar-refractivity contribution is -0.190. The maximum absolute atomic E-state index is 13.1. The molecule has 5 heteroatoms. The number of rotatable bonds is 4. The van der Waals surface area contributed by atoms with Crippen LogP contribution in [-0.2, 0) is 9.53 Å². The molecule has 4 saturated carbocycles. The van der Waals surface area contributed by atoms with Gasteiger partial charge in [0.1, 0.15) is 6.10 Å². The number of hydrogen-bond acceptors (Lipinski definition) is 5. The number of esters is 1. The second-order valence-electron chi connectivity index (χ2n) is 17.6. The van der Waals surface area contributed by atoms with E-state index in [4.69, 9.17) is 9.47 Å². The minimum atomic E-state index is -0.307. The van der Waals surface area contributed by atoms with Gasteiger partial charge in [0.15, 0.2) is 11.5 Å². The molecule has 5 nitrogen and oxygen atoms in total. The largest absolute Gasteiger partial charge is 0.504 e. The zero-order valence-corrected chi connectivity index (χ0v) is 29.1. The van der Waals surface area contributed by atoms with Gasteiger partial charge in [-0.1, -0.05) is 66.2 Å². The third kappa shape index (κ3) is 5.18. The summed E-state index contributed by atoms with van der Waals surface area (Å²) in [5.74, 6) is 2.46. The topological polar surface area (TPSA) is 76.0 Å². The Morgan fingerprint density at radius 2 is 1.60 bits per heavy atom. The molecule has 0 radical (unpaired) electrons. The van der Waals surface area contributed by atoms with E-state index in [-0.39, 0.29) is 45.6 Å². The van der Waals surface area contributed by atoms with Crippen LogP contribution >= 0.6 is 0 Å². The summed E-state index contributed by atoms with van der Waals surface area (Å²) >= 11 is 0. The van der Waals surface area contributed by atoms with Gasteiger partial charge < -0.3 is 19.7 Å². The first-order chi connectivity index (χ1) is 21.1. The number of carbonyl (C=O) groups is 1. The highest BCUT2D eigenvalue weighted by molar-refractivity contribution is 5.87. The molecule has 1 aromatic rings. The quantitative estimate of drug-likeness (QED) is 0.200. The van der Waals surface area contributed by atoms with Crippen LogP contribution in [0.3, 0.4) is 0 Å². The molecule has 6 rings (SSSR count). The minimum Gasteiger partial charge on any atom is -0.504 e. The Kier molecular flexibility index (Phi) is 8.11. The van der Waals surface area contributed by atoms with E-state index in [2.05, 4.69) is 54.5 Å². The van der Waals surface area contributed by atoms with Crippen LogP contribution in [0.25, 0.3) is 6.08 Å². The van der Waals surface area contributed by atoms with E-state index >= 15 is 0 Å². The van der Waals surface area contributed by atoms with Gasteiger partial charge in [0.2, 0.25) is 0 Å². The predicted molar refractivity (Wildman–Crippen MR) is 180 cm³/mol. The number of ether oxygens (including phenoxy) is 2. The zero-order valence-electron chi connectivity index (χ0n) is 29.1. The molecule has 4 fully saturated rings. The van der Waals surface area contributed by atoms with Crippen LogP contribution in [0.2, 0.25) is 0 Å². The highest BCUT2D eigenvalue weighted by Crippen LogP contribution is 2.70. The molecule has 2 N–H and O–H groups in total. The molecule has 0 aromatic heterocycles. The van der Waals surface area contributed by atoms with Crippen molar-refractivity contribution >= 4 is 12.0 Å². The summed E-state index contributed by atoms with van der Waals surface area (Å²) in [4.78, 5) is 13.1. The first-order valence-electron chi connectivity index (χ1n) is 17.7. The standard InChI is InChI=1S/C40H58O5/c1-36(2)30-14-11-26-24-38(5)20-17-31-37(3,4)34(45-35(43)16-10-25-9-13-28(41)29(23-25)44-8)19-22-40(31,7)32(38)15-12-27(26)39(30,6)21-18-33(36)42/h9-11,13,16,23,27,30-34,41-42H,12,14-15,17-22,24H2,1-8H3. The van der Waals surface area contributed by atoms with Crippen LogP contribution in [0.15, 0.2) is 35.9 Å². The van der Waals surface area contributed by atoms with Gasteiger partial charge in [-0.15, -0.1) is 0 Å². The number of carbonyl (C=O) groups excluding carboxylic acids is 1. The summed E-state index contributed by atoms with van der Waals surface area (Å²) in [6.45, 7) is 17.1. The van der Waals surface area contributed by atoms with E-state index in [1.165, 1.54) is 45.3 Å². The summed E-state index contributed by atoms with van der Waals surface area (Å²) in [5, 5.41) is 20.9. The van der Waals surface area contributed by atoms with E-state index in [9.17, 15) is 15.0 Å². The smallest absolute Gasteiger partial charge is 0.331 e. The zero-order chi connectivity index (χ0) is 32.6. The molecule has 45 heavy (non-hydrogen) atoms. The molecule has 248 valence electrons. The lowest BCUT2D eigenvalue weighted by Crippen LogP contribution is -2.59. The van der Waals surface area contributed by atoms with Crippen molar-refractivity contribution in [2.45, 2.75) is 125 Å². The fourth-order valence-electron chi connectivity index (χ4n) is 12.3. The number of aromatic hydroxyl groups is 1. The molecule has 5 aliphatic rings. The number of fused-ring (bicyclic) bond motifs is 6. The van der Waals surface area contributed by atoms with Gasteiger partial charge in [-0.3, -0.25) is 0 Å². The normalized spacial score (nSPS) is 41.8. The summed E-state index contributed by atoms with van der Waals surface area (Å²) in [7, 11) is 1.52. The summed E-state index contributed by atoms with van der Waals surface area (Å²) < 4.78 is 11.4. The highest BCUT2D eigenvalue weighted by Gasteiger charge is 2.63. The molecule has 0 aliphatic heterocycles. The number of hydrogen-bond donors (Lipinski definition) is 2. The molecule has 0 heterocycles. The van der Waals surface area contributed by atoms with Crippen LogP contribution in [-0.4, -0.2) is 35.5 Å². The van der Waals surface area contributed by atoms with E-state index in [0.29, 0.717) is 34.8 Å². The Bertz CT molecular complexity index is 1370. The molecular formula is C40H58O5. The highest BCUT2D eigenvalue weighted by atomic mass is 16.5. The third-order valence-electron chi connectivity index (χ3n) is 14.7. The Hall–Kier alpha value is -2.27. The first-order valence-corrected chi connectivity index (χ1v) is 17.7. The van der Waals surface area contributed by atoms with Gasteiger partial charge in [0.05, 0.1) is 13.2 Å². The van der Waals surface area contributed by atoms with Crippen molar-refractivity contribution in [2.24, 2.45) is 50.7 Å². The summed E-state index contributed by atoms with van der Waals surface area (Å²) in [6.07, 6.45) is 16.9. The van der Waals surface area contributed by atoms with Crippen molar-refractivity contribution in [3.8, 4) is 11.5 Å². The van der Waals surface area contributed by atoms with Crippen LogP contribution in [0.5, 0.6) is 11.5 Å². The Morgan fingerprint density at radius 3 is 2.33 bits per heavy atom. The van der Waals surface area contributed by atoms with Crippen molar-refractivity contribution < 1.29 is 24.5 Å². The van der Waals surface area contributed by atoms with Crippen molar-refractivity contribution in [1.29, 1.82) is 0 Å². The van der Waals surface area contributed by atoms with Gasteiger partial charge in [-0.05, 0) is 133 Å². The van der Waals surface area contributed by atoms with Crippen LogP contribution in [0.4, 0.5) is 0 Å². The maximum atomic E-state index is 13.1. The van der Waals surface area contributed by atoms with Crippen molar-refractivity contribution in [3.63, 3.8) is 0 Å². The summed E-state index contributed by atoms with van der Waals surface area (Å²) in [6, 6.07) is 5.05. The molecule has 9 unspecified atom stereocenters. The van der Waals surface area contributed by atoms with E-state index in [1.54, 1.807) is 29.8 Å². The Labute approximate surface area is 271 Å². The molecule has 0 saturated heterocycles. The van der Waals surface area contributed by atoms with Gasteiger partial charge in [-0.25, -0.2) is 4.79 Å². The van der Waals surface area contributed by atoms with Gasteiger partial charge in [0.25, 0.3) is 0 Å². The molecule has 0 bridgehead atoms. The molecular weight excluding hydrogens is 560 g/mol. The first kappa shape index (κ1) is 32.7. The molecule has 0 amide bonds. The maximum Gasteiger partial charge on any atom is 0.331 e. The SMILES string of the molecule is COc1cc(C=CC(=O)OC2CCC3(C)C4CCC5C(=CCC6C(C)(C)C(O)CCC56C)CC4(C)CCC3C2(C)C)ccc1O. The van der Waals surface area contributed by atoms with Crippen LogP contribution < -0.4 is 4.74 Å². The van der Waals surface area contributed by atoms with Crippen LogP contribution in [0, 0.1) is 50.7 Å². The number of aliphatic hydroxyl groups is 1. The number of benzene rings is 1. The number of allylic oxidation sites excluding steroid dienone is 2. The monoisotopic (exact) mass is 618 g/mol. The predicted octanol–water partition coefficient (Wildman–Crippen LogP) is 9.12. The number of phenols is 1. The van der Waals surface area contributed by atoms with Gasteiger partial charge in [-0.2, -0.15) is 0 Å². The van der Waals surface area contributed by atoms with Crippen molar-refractivity contribution in [3.05, 3.63) is 41.5 Å². The number of phenolic OH excluding ortho intramolecular Hbond substituents is 1. The lowest BCUT2D eigenvalue weighted by Gasteiger charge is -2.64. The average Bonchev–Trinajstić information content (AvgIpc) is 3.13. The van der Waals surface area contributed by atoms with Gasteiger partial charge >= 0.3 is 5.97 Å². The van der Waals surface area contributed by atoms with Crippen molar-refractivity contribution in [2.75, 3.05) is 7.11 Å². The number of methoxy groups -OCH3 is 1. The second kappa shape index (κ2) is 11.2. The molecule has 9 atom stereocenters. The minimum absolute atomic E-state index is 0.0407. The molecule has 0 spiro atoms. The second-order valence-corrected chi connectivity index (χ2v) is 17.6. The van der Waals surface area contributed by atoms with Crippen LogP contribution in [0.1, 0.15) is 118 Å². The number of aliphatic hydroxyl groups excluding tert-OH is 1. The van der Waals surface area contributed by atoms with Crippen molar-refractivity contribution in [1.82, 2.24) is 0 Å². The fraction of sp³-hybridized carbons (Fsp3) is 0.725. The Balaban J connectivity index is 1.20. The Morgan fingerprint density at radius 1 is 0.867 bits per heavy atom.